The number of carbonyl (C=O) groups is 2. The molecule has 0 aliphatic rings. The van der Waals surface area contributed by atoms with Gasteiger partial charge in [-0.2, -0.15) is 0 Å². The molecule has 1 unspecified atom stereocenters. The van der Waals surface area contributed by atoms with E-state index < -0.39 is 12.0 Å². The van der Waals surface area contributed by atoms with Gasteiger partial charge in [-0.3, -0.25) is 4.79 Å². The van der Waals surface area contributed by atoms with Gasteiger partial charge < -0.3 is 10.4 Å². The molecular weight excluding hydrogens is 260 g/mol. The van der Waals surface area contributed by atoms with Gasteiger partial charge in [-0.15, -0.1) is 5.10 Å². The predicted octanol–water partition coefficient (Wildman–Crippen LogP) is 1.48. The molecule has 0 aliphatic heterocycles. The van der Waals surface area contributed by atoms with Crippen LogP contribution in [0.1, 0.15) is 29.0 Å². The fourth-order valence-corrected chi connectivity index (χ4v) is 1.74. The lowest BCUT2D eigenvalue weighted by Gasteiger charge is -2.14. The topological polar surface area (TPSA) is 97.1 Å². The van der Waals surface area contributed by atoms with E-state index in [9.17, 15) is 9.59 Å². The van der Waals surface area contributed by atoms with E-state index in [1.165, 1.54) is 0 Å². The number of carbonyl (C=O) groups excluding carboxylic acids is 1. The van der Waals surface area contributed by atoms with Gasteiger partial charge in [0.05, 0.1) is 6.20 Å². The standard InChI is InChI=1S/C13H14N4O3/c1-8-5-3-4-6-10(8)15-12(18)9(2)17-11(13(19)20)7-14-16-17/h3-7,9H,1-2H3,(H,15,18)(H,19,20). The molecule has 1 atom stereocenters. The molecule has 1 heterocycles. The minimum Gasteiger partial charge on any atom is -0.476 e. The maximum absolute atomic E-state index is 12.1. The van der Waals surface area contributed by atoms with Gasteiger partial charge in [0.1, 0.15) is 6.04 Å². The van der Waals surface area contributed by atoms with E-state index in [1.54, 1.807) is 13.0 Å². The Balaban J connectivity index is 2.19. The normalized spacial score (nSPS) is 11.9. The van der Waals surface area contributed by atoms with Crippen LogP contribution in [0.15, 0.2) is 30.5 Å². The van der Waals surface area contributed by atoms with Crippen molar-refractivity contribution in [3.8, 4) is 0 Å². The van der Waals surface area contributed by atoms with E-state index in [0.29, 0.717) is 5.69 Å². The lowest BCUT2D eigenvalue weighted by atomic mass is 10.2. The highest BCUT2D eigenvalue weighted by molar-refractivity contribution is 5.95. The van der Waals surface area contributed by atoms with Crippen LogP contribution < -0.4 is 5.32 Å². The summed E-state index contributed by atoms with van der Waals surface area (Å²) < 4.78 is 1.08. The molecule has 0 radical (unpaired) electrons. The molecule has 0 fully saturated rings. The van der Waals surface area contributed by atoms with Crippen LogP contribution in [-0.2, 0) is 4.79 Å². The van der Waals surface area contributed by atoms with Crippen molar-refractivity contribution in [2.24, 2.45) is 0 Å². The summed E-state index contributed by atoms with van der Waals surface area (Å²) in [6, 6.07) is 6.56. The van der Waals surface area contributed by atoms with Crippen molar-refractivity contribution in [1.82, 2.24) is 15.0 Å². The number of aromatic carboxylic acids is 1. The highest BCUT2D eigenvalue weighted by Gasteiger charge is 2.22. The summed E-state index contributed by atoms with van der Waals surface area (Å²) in [6.45, 7) is 3.44. The van der Waals surface area contributed by atoms with Crippen LogP contribution in [0.3, 0.4) is 0 Å². The zero-order valence-electron chi connectivity index (χ0n) is 11.1. The molecule has 104 valence electrons. The van der Waals surface area contributed by atoms with Crippen LogP contribution in [0.4, 0.5) is 5.69 Å². The summed E-state index contributed by atoms with van der Waals surface area (Å²) >= 11 is 0. The van der Waals surface area contributed by atoms with Gasteiger partial charge in [0.15, 0.2) is 5.69 Å². The smallest absolute Gasteiger partial charge is 0.355 e. The van der Waals surface area contributed by atoms with Crippen LogP contribution in [0.5, 0.6) is 0 Å². The molecule has 0 aliphatic carbocycles. The number of benzene rings is 1. The minimum atomic E-state index is -1.18. The van der Waals surface area contributed by atoms with Crippen LogP contribution in [0.25, 0.3) is 0 Å². The molecule has 7 heteroatoms. The van der Waals surface area contributed by atoms with Gasteiger partial charge in [0, 0.05) is 5.69 Å². The average Bonchev–Trinajstić information content (AvgIpc) is 2.89. The van der Waals surface area contributed by atoms with E-state index in [2.05, 4.69) is 15.6 Å². The Labute approximate surface area is 115 Å². The number of para-hydroxylation sites is 1. The number of nitrogens with one attached hydrogen (secondary N) is 1. The second kappa shape index (κ2) is 5.52. The summed E-state index contributed by atoms with van der Waals surface area (Å²) in [5.74, 6) is -1.53. The molecule has 0 saturated carbocycles. The van der Waals surface area contributed by atoms with Crippen LogP contribution >= 0.6 is 0 Å². The number of hydrogen-bond donors (Lipinski definition) is 2. The molecule has 0 bridgehead atoms. The van der Waals surface area contributed by atoms with Crippen molar-refractivity contribution in [2.45, 2.75) is 19.9 Å². The summed E-state index contributed by atoms with van der Waals surface area (Å²) in [6.07, 6.45) is 1.11. The van der Waals surface area contributed by atoms with Gasteiger partial charge in [-0.1, -0.05) is 23.4 Å². The minimum absolute atomic E-state index is 0.127. The molecular formula is C13H14N4O3. The maximum Gasteiger partial charge on any atom is 0.355 e. The number of amides is 1. The van der Waals surface area contributed by atoms with Gasteiger partial charge in [-0.05, 0) is 25.5 Å². The highest BCUT2D eigenvalue weighted by atomic mass is 16.4. The monoisotopic (exact) mass is 274 g/mol. The van der Waals surface area contributed by atoms with Crippen molar-refractivity contribution < 1.29 is 14.7 Å². The molecule has 0 saturated heterocycles. The van der Waals surface area contributed by atoms with E-state index in [4.69, 9.17) is 5.11 Å². The van der Waals surface area contributed by atoms with Crippen LogP contribution in [-0.4, -0.2) is 32.0 Å². The van der Waals surface area contributed by atoms with Gasteiger partial charge >= 0.3 is 5.97 Å². The SMILES string of the molecule is Cc1ccccc1NC(=O)C(C)n1nncc1C(=O)O. The number of rotatable bonds is 4. The van der Waals surface area contributed by atoms with E-state index >= 15 is 0 Å². The number of anilines is 1. The lowest BCUT2D eigenvalue weighted by molar-refractivity contribution is -0.119. The largest absolute Gasteiger partial charge is 0.476 e. The number of hydrogen-bond acceptors (Lipinski definition) is 4. The van der Waals surface area contributed by atoms with Crippen molar-refractivity contribution >= 4 is 17.6 Å². The van der Waals surface area contributed by atoms with E-state index in [-0.39, 0.29) is 11.6 Å². The van der Waals surface area contributed by atoms with Gasteiger partial charge in [-0.25, -0.2) is 9.48 Å². The summed E-state index contributed by atoms with van der Waals surface area (Å²) in [4.78, 5) is 23.1. The summed E-state index contributed by atoms with van der Waals surface area (Å²) in [5.41, 5.74) is 1.48. The van der Waals surface area contributed by atoms with Crippen molar-refractivity contribution in [3.63, 3.8) is 0 Å². The fraction of sp³-hybridized carbons (Fsp3) is 0.231. The first-order valence-corrected chi connectivity index (χ1v) is 6.00. The second-order valence-corrected chi connectivity index (χ2v) is 4.35. The van der Waals surface area contributed by atoms with Gasteiger partial charge in [0.2, 0.25) is 5.91 Å². The first-order valence-electron chi connectivity index (χ1n) is 6.00. The van der Waals surface area contributed by atoms with Crippen LogP contribution in [0, 0.1) is 6.92 Å². The molecule has 2 aromatic rings. The second-order valence-electron chi connectivity index (χ2n) is 4.35. The Morgan fingerprint density at radius 3 is 2.70 bits per heavy atom. The molecule has 0 spiro atoms. The Morgan fingerprint density at radius 1 is 1.35 bits per heavy atom. The number of aryl methyl sites for hydroxylation is 1. The molecule has 2 rings (SSSR count). The maximum atomic E-state index is 12.1. The Morgan fingerprint density at radius 2 is 2.05 bits per heavy atom. The first-order chi connectivity index (χ1) is 9.50. The molecule has 2 N–H and O–H groups in total. The Hall–Kier alpha value is -2.70. The summed E-state index contributed by atoms with van der Waals surface area (Å²) in [7, 11) is 0. The number of aromatic nitrogens is 3. The number of nitrogens with zero attached hydrogens (tertiary/aromatic N) is 3. The Bertz CT molecular complexity index is 651. The number of carboxylic acid groups (broad SMARTS) is 1. The fourth-order valence-electron chi connectivity index (χ4n) is 1.74. The van der Waals surface area contributed by atoms with Gasteiger partial charge in [0.25, 0.3) is 0 Å². The van der Waals surface area contributed by atoms with Crippen LogP contribution in [0.2, 0.25) is 0 Å². The zero-order chi connectivity index (χ0) is 14.7. The van der Waals surface area contributed by atoms with E-state index in [1.807, 2.05) is 25.1 Å². The third-order valence-corrected chi connectivity index (χ3v) is 2.94. The number of carboxylic acids is 1. The molecule has 1 aromatic carbocycles. The first kappa shape index (κ1) is 13.7. The molecule has 1 aromatic heterocycles. The zero-order valence-corrected chi connectivity index (χ0v) is 11.1. The molecule has 20 heavy (non-hydrogen) atoms. The van der Waals surface area contributed by atoms with Crippen molar-refractivity contribution in [3.05, 3.63) is 41.7 Å². The average molecular weight is 274 g/mol. The third-order valence-electron chi connectivity index (χ3n) is 2.94. The lowest BCUT2D eigenvalue weighted by Crippen LogP contribution is -2.27. The third kappa shape index (κ3) is 2.66. The molecule has 1 amide bonds. The predicted molar refractivity (Wildman–Crippen MR) is 71.5 cm³/mol. The van der Waals surface area contributed by atoms with Crippen molar-refractivity contribution in [1.29, 1.82) is 0 Å². The summed E-state index contributed by atoms with van der Waals surface area (Å²) in [5, 5.41) is 18.9. The Kier molecular flexibility index (Phi) is 3.79. The van der Waals surface area contributed by atoms with Crippen molar-refractivity contribution in [2.75, 3.05) is 5.32 Å². The molecule has 7 nitrogen and oxygen atoms in total. The highest BCUT2D eigenvalue weighted by Crippen LogP contribution is 2.16. The van der Waals surface area contributed by atoms with E-state index in [0.717, 1.165) is 16.4 Å². The quantitative estimate of drug-likeness (QED) is 0.880.